The standard InChI is InChI=1S/C18H16BrNO3/c1-2-23-12-9-7-11(8-10-12)20-16-15(19)17(21)13-5-3-4-6-14(13)18(16)22/h3-10,13-14,20H,2H2,1H3. The highest BCUT2D eigenvalue weighted by Crippen LogP contribution is 2.35. The number of carbonyl (C=O) groups is 2. The first-order valence-electron chi connectivity index (χ1n) is 7.45. The molecule has 0 fully saturated rings. The molecule has 3 rings (SSSR count). The SMILES string of the molecule is CCOc1ccc(NC2=C(Br)C(=O)C3C=CC=CC3C2=O)cc1. The zero-order valence-electron chi connectivity index (χ0n) is 12.6. The summed E-state index contributed by atoms with van der Waals surface area (Å²) in [5.41, 5.74) is 1.04. The minimum absolute atomic E-state index is 0.0800. The minimum atomic E-state index is -0.431. The van der Waals surface area contributed by atoms with Crippen molar-refractivity contribution in [2.24, 2.45) is 11.8 Å². The van der Waals surface area contributed by atoms with Crippen LogP contribution in [0.5, 0.6) is 5.75 Å². The predicted molar refractivity (Wildman–Crippen MR) is 92.5 cm³/mol. The number of halogens is 1. The first-order chi connectivity index (χ1) is 11.1. The van der Waals surface area contributed by atoms with E-state index in [0.717, 1.165) is 11.4 Å². The van der Waals surface area contributed by atoms with E-state index in [4.69, 9.17) is 4.74 Å². The number of benzene rings is 1. The number of rotatable bonds is 4. The number of hydrogen-bond donors (Lipinski definition) is 1. The lowest BCUT2D eigenvalue weighted by Crippen LogP contribution is -2.37. The predicted octanol–water partition coefficient (Wildman–Crippen LogP) is 3.61. The van der Waals surface area contributed by atoms with Gasteiger partial charge in [0.1, 0.15) is 11.4 Å². The van der Waals surface area contributed by atoms with Crippen molar-refractivity contribution < 1.29 is 14.3 Å². The maximum absolute atomic E-state index is 12.7. The molecule has 0 radical (unpaired) electrons. The fraction of sp³-hybridized carbons (Fsp3) is 0.222. The van der Waals surface area contributed by atoms with Crippen LogP contribution in [0, 0.1) is 11.8 Å². The average molecular weight is 374 g/mol. The second-order valence-corrected chi connectivity index (χ2v) is 6.11. The third-order valence-electron chi connectivity index (χ3n) is 3.86. The summed E-state index contributed by atoms with van der Waals surface area (Å²) >= 11 is 3.28. The molecule has 0 saturated heterocycles. The van der Waals surface area contributed by atoms with Crippen molar-refractivity contribution in [2.75, 3.05) is 11.9 Å². The summed E-state index contributed by atoms with van der Waals surface area (Å²) in [5.74, 6) is -0.246. The van der Waals surface area contributed by atoms with Crippen molar-refractivity contribution in [3.8, 4) is 5.75 Å². The Hall–Kier alpha value is -2.14. The molecule has 1 aromatic rings. The van der Waals surface area contributed by atoms with Gasteiger partial charge in [0.25, 0.3) is 0 Å². The summed E-state index contributed by atoms with van der Waals surface area (Å²) in [6.45, 7) is 2.52. The lowest BCUT2D eigenvalue weighted by Gasteiger charge is -2.28. The number of ketones is 2. The second kappa shape index (κ2) is 6.54. The van der Waals surface area contributed by atoms with Crippen molar-refractivity contribution >= 4 is 33.2 Å². The number of carbonyl (C=O) groups excluding carboxylic acids is 2. The molecule has 0 amide bonds. The summed E-state index contributed by atoms with van der Waals surface area (Å²) in [6.07, 6.45) is 7.17. The van der Waals surface area contributed by atoms with Crippen LogP contribution < -0.4 is 10.1 Å². The molecule has 0 spiro atoms. The maximum atomic E-state index is 12.7. The number of allylic oxidation sites excluding steroid dienone is 6. The molecule has 0 heterocycles. The number of ether oxygens (including phenoxy) is 1. The highest BCUT2D eigenvalue weighted by atomic mass is 79.9. The molecule has 118 valence electrons. The Morgan fingerprint density at radius 1 is 1.04 bits per heavy atom. The summed E-state index contributed by atoms with van der Waals surface area (Å²) in [5, 5.41) is 3.06. The van der Waals surface area contributed by atoms with Crippen molar-refractivity contribution in [3.05, 3.63) is 58.7 Å². The largest absolute Gasteiger partial charge is 0.494 e. The molecule has 5 heteroatoms. The van der Waals surface area contributed by atoms with Gasteiger partial charge < -0.3 is 10.1 Å². The monoisotopic (exact) mass is 373 g/mol. The lowest BCUT2D eigenvalue weighted by molar-refractivity contribution is -0.126. The van der Waals surface area contributed by atoms with Crippen LogP contribution in [0.15, 0.2) is 58.7 Å². The van der Waals surface area contributed by atoms with E-state index < -0.39 is 11.8 Å². The Morgan fingerprint density at radius 2 is 1.65 bits per heavy atom. The molecule has 0 saturated carbocycles. The van der Waals surface area contributed by atoms with Gasteiger partial charge >= 0.3 is 0 Å². The van der Waals surface area contributed by atoms with E-state index in [9.17, 15) is 9.59 Å². The first kappa shape index (κ1) is 15.7. The summed E-state index contributed by atoms with van der Waals surface area (Å²) in [4.78, 5) is 25.1. The van der Waals surface area contributed by atoms with Crippen LogP contribution >= 0.6 is 15.9 Å². The molecule has 2 atom stereocenters. The molecule has 0 aromatic heterocycles. The van der Waals surface area contributed by atoms with Crippen molar-refractivity contribution in [3.63, 3.8) is 0 Å². The first-order valence-corrected chi connectivity index (χ1v) is 8.24. The van der Waals surface area contributed by atoms with Gasteiger partial charge in [-0.3, -0.25) is 9.59 Å². The van der Waals surface area contributed by atoms with E-state index >= 15 is 0 Å². The molecule has 0 aliphatic heterocycles. The molecule has 4 nitrogen and oxygen atoms in total. The molecule has 2 aliphatic carbocycles. The average Bonchev–Trinajstić information content (AvgIpc) is 2.58. The van der Waals surface area contributed by atoms with Gasteiger partial charge in [0, 0.05) is 5.69 Å². The van der Waals surface area contributed by atoms with Gasteiger partial charge in [0.2, 0.25) is 0 Å². The van der Waals surface area contributed by atoms with E-state index in [1.807, 2.05) is 31.2 Å². The van der Waals surface area contributed by atoms with Crippen molar-refractivity contribution in [1.29, 1.82) is 0 Å². The van der Waals surface area contributed by atoms with Crippen LogP contribution in [-0.4, -0.2) is 18.2 Å². The number of nitrogens with one attached hydrogen (secondary N) is 1. The summed E-state index contributed by atoms with van der Waals surface area (Å²) in [6, 6.07) is 7.28. The third-order valence-corrected chi connectivity index (χ3v) is 4.64. The fourth-order valence-corrected chi connectivity index (χ4v) is 3.27. The van der Waals surface area contributed by atoms with Gasteiger partial charge in [-0.2, -0.15) is 0 Å². The molecular weight excluding hydrogens is 358 g/mol. The van der Waals surface area contributed by atoms with Gasteiger partial charge in [-0.05, 0) is 47.1 Å². The Kier molecular flexibility index (Phi) is 4.48. The molecule has 23 heavy (non-hydrogen) atoms. The minimum Gasteiger partial charge on any atom is -0.494 e. The molecular formula is C18H16BrNO3. The topological polar surface area (TPSA) is 55.4 Å². The molecule has 2 aliphatic rings. The van der Waals surface area contributed by atoms with E-state index in [0.29, 0.717) is 16.8 Å². The normalized spacial score (nSPS) is 23.0. The fourth-order valence-electron chi connectivity index (χ4n) is 2.71. The molecule has 0 bridgehead atoms. The van der Waals surface area contributed by atoms with E-state index in [-0.39, 0.29) is 11.6 Å². The van der Waals surface area contributed by atoms with Gasteiger partial charge in [0.05, 0.1) is 22.9 Å². The van der Waals surface area contributed by atoms with Crippen LogP contribution in [0.25, 0.3) is 0 Å². The van der Waals surface area contributed by atoms with Crippen molar-refractivity contribution in [1.82, 2.24) is 0 Å². The zero-order chi connectivity index (χ0) is 16.4. The maximum Gasteiger partial charge on any atom is 0.188 e. The number of fused-ring (bicyclic) bond motifs is 1. The zero-order valence-corrected chi connectivity index (χ0v) is 14.2. The van der Waals surface area contributed by atoms with Crippen LogP contribution in [0.2, 0.25) is 0 Å². The third kappa shape index (κ3) is 3.01. The van der Waals surface area contributed by atoms with Crippen LogP contribution in [0.3, 0.4) is 0 Å². The van der Waals surface area contributed by atoms with E-state index in [1.165, 1.54) is 0 Å². The van der Waals surface area contributed by atoms with Gasteiger partial charge in [-0.15, -0.1) is 0 Å². The Balaban J connectivity index is 1.87. The Labute approximate surface area is 143 Å². The lowest BCUT2D eigenvalue weighted by atomic mass is 9.77. The number of anilines is 1. The van der Waals surface area contributed by atoms with Gasteiger partial charge in [-0.25, -0.2) is 0 Å². The van der Waals surface area contributed by atoms with Gasteiger partial charge in [0.15, 0.2) is 11.6 Å². The highest BCUT2D eigenvalue weighted by molar-refractivity contribution is 9.12. The van der Waals surface area contributed by atoms with E-state index in [2.05, 4.69) is 21.2 Å². The number of hydrogen-bond acceptors (Lipinski definition) is 4. The van der Waals surface area contributed by atoms with Crippen LogP contribution in [-0.2, 0) is 9.59 Å². The summed E-state index contributed by atoms with van der Waals surface area (Å²) in [7, 11) is 0. The van der Waals surface area contributed by atoms with Crippen LogP contribution in [0.4, 0.5) is 5.69 Å². The number of Topliss-reactive ketones (excluding diaryl/α,β-unsaturated/α-hetero) is 2. The Morgan fingerprint density at radius 3 is 2.26 bits per heavy atom. The van der Waals surface area contributed by atoms with Crippen LogP contribution in [0.1, 0.15) is 6.92 Å². The van der Waals surface area contributed by atoms with E-state index in [1.54, 1.807) is 24.3 Å². The van der Waals surface area contributed by atoms with Gasteiger partial charge in [-0.1, -0.05) is 24.3 Å². The molecule has 2 unspecified atom stereocenters. The molecule has 1 aromatic carbocycles. The highest BCUT2D eigenvalue weighted by Gasteiger charge is 2.40. The summed E-state index contributed by atoms with van der Waals surface area (Å²) < 4.78 is 5.70. The quantitative estimate of drug-likeness (QED) is 0.875. The Bertz CT molecular complexity index is 731. The smallest absolute Gasteiger partial charge is 0.188 e. The second-order valence-electron chi connectivity index (χ2n) is 5.32. The molecule has 1 N–H and O–H groups in total. The van der Waals surface area contributed by atoms with Crippen molar-refractivity contribution in [2.45, 2.75) is 6.92 Å².